The zero-order chi connectivity index (χ0) is 21.3. The third-order valence-electron chi connectivity index (χ3n) is 5.42. The van der Waals surface area contributed by atoms with Gasteiger partial charge in [0.1, 0.15) is 6.54 Å². The summed E-state index contributed by atoms with van der Waals surface area (Å²) in [6.45, 7) is 2.82. The monoisotopic (exact) mass is 406 g/mol. The van der Waals surface area contributed by atoms with Crippen molar-refractivity contribution in [2.75, 3.05) is 18.4 Å². The van der Waals surface area contributed by atoms with Crippen molar-refractivity contribution in [3.05, 3.63) is 74.4 Å². The Morgan fingerprint density at radius 3 is 2.53 bits per heavy atom. The van der Waals surface area contributed by atoms with Crippen LogP contribution in [0.4, 0.5) is 5.69 Å². The normalized spacial score (nSPS) is 13.6. The number of benzene rings is 2. The van der Waals surface area contributed by atoms with Crippen molar-refractivity contribution in [1.82, 2.24) is 14.5 Å². The first-order chi connectivity index (χ1) is 14.5. The number of para-hydroxylation sites is 1. The molecule has 1 aromatic heterocycles. The van der Waals surface area contributed by atoms with Crippen molar-refractivity contribution >= 4 is 28.4 Å². The van der Waals surface area contributed by atoms with Crippen molar-refractivity contribution in [3.8, 4) is 0 Å². The number of amides is 2. The second-order valence-electron chi connectivity index (χ2n) is 7.39. The molecule has 1 aliphatic heterocycles. The van der Waals surface area contributed by atoms with Crippen LogP contribution in [0.2, 0.25) is 0 Å². The van der Waals surface area contributed by atoms with Crippen molar-refractivity contribution < 1.29 is 9.59 Å². The Hall–Kier alpha value is -3.68. The molecule has 3 aromatic rings. The van der Waals surface area contributed by atoms with Crippen LogP contribution in [0, 0.1) is 6.92 Å². The van der Waals surface area contributed by atoms with E-state index >= 15 is 0 Å². The molecule has 1 saturated heterocycles. The highest BCUT2D eigenvalue weighted by Crippen LogP contribution is 2.22. The van der Waals surface area contributed by atoms with Crippen LogP contribution in [0.15, 0.2) is 52.1 Å². The molecule has 0 atom stereocenters. The molecule has 0 aliphatic carbocycles. The number of nitrogens with zero attached hydrogens (tertiary/aromatic N) is 2. The molecule has 2 N–H and O–H groups in total. The topological polar surface area (TPSA) is 104 Å². The predicted molar refractivity (Wildman–Crippen MR) is 114 cm³/mol. The fraction of sp³-hybridized carbons (Fsp3) is 0.273. The van der Waals surface area contributed by atoms with E-state index in [9.17, 15) is 19.2 Å². The van der Waals surface area contributed by atoms with Gasteiger partial charge < -0.3 is 15.2 Å². The molecular formula is C22H22N4O4. The third kappa shape index (κ3) is 3.63. The molecule has 0 saturated carbocycles. The molecule has 4 rings (SSSR count). The van der Waals surface area contributed by atoms with Crippen LogP contribution >= 0.6 is 0 Å². The number of rotatable bonds is 4. The molecule has 2 heterocycles. The van der Waals surface area contributed by atoms with Gasteiger partial charge in [0.2, 0.25) is 5.91 Å². The van der Waals surface area contributed by atoms with Crippen LogP contribution in [0.3, 0.4) is 0 Å². The molecule has 0 spiro atoms. The lowest BCUT2D eigenvalue weighted by molar-refractivity contribution is -0.116. The molecule has 0 unspecified atom stereocenters. The van der Waals surface area contributed by atoms with Crippen LogP contribution in [0.1, 0.15) is 28.8 Å². The largest absolute Gasteiger partial charge is 0.339 e. The summed E-state index contributed by atoms with van der Waals surface area (Å²) in [5.74, 6) is -0.574. The minimum atomic E-state index is -0.650. The minimum Gasteiger partial charge on any atom is -0.339 e. The van der Waals surface area contributed by atoms with E-state index in [2.05, 4.69) is 10.3 Å². The van der Waals surface area contributed by atoms with Crippen LogP contribution < -0.4 is 16.6 Å². The zero-order valence-electron chi connectivity index (χ0n) is 16.6. The molecule has 8 nitrogen and oxygen atoms in total. The minimum absolute atomic E-state index is 0.0525. The Labute approximate surface area is 172 Å². The smallest absolute Gasteiger partial charge is 0.329 e. The standard InChI is InChI=1S/C22H22N4O4/c1-14-15(20(28)25-11-4-5-12-25)8-6-10-17(14)23-19(27)13-26-21(29)16-7-2-3-9-18(16)24-22(26)30/h2-3,6-10H,4-5,11-13H2,1H3,(H,23,27)(H,24,30). The Balaban J connectivity index is 1.57. The van der Waals surface area contributed by atoms with Crippen LogP contribution in [0.25, 0.3) is 10.9 Å². The van der Waals surface area contributed by atoms with E-state index in [-0.39, 0.29) is 5.91 Å². The summed E-state index contributed by atoms with van der Waals surface area (Å²) in [7, 11) is 0. The average molecular weight is 406 g/mol. The van der Waals surface area contributed by atoms with Gasteiger partial charge in [0, 0.05) is 24.3 Å². The molecule has 0 bridgehead atoms. The van der Waals surface area contributed by atoms with Gasteiger partial charge in [-0.15, -0.1) is 0 Å². The number of hydrogen-bond acceptors (Lipinski definition) is 4. The lowest BCUT2D eigenvalue weighted by Crippen LogP contribution is -2.38. The molecule has 0 radical (unpaired) electrons. The third-order valence-corrected chi connectivity index (χ3v) is 5.42. The Morgan fingerprint density at radius 1 is 1.03 bits per heavy atom. The molecule has 154 valence electrons. The van der Waals surface area contributed by atoms with Gasteiger partial charge in [-0.25, -0.2) is 4.79 Å². The van der Waals surface area contributed by atoms with Crippen molar-refractivity contribution in [3.63, 3.8) is 0 Å². The van der Waals surface area contributed by atoms with Gasteiger partial charge in [-0.05, 0) is 49.6 Å². The molecule has 2 aromatic carbocycles. The van der Waals surface area contributed by atoms with Crippen LogP contribution in [0.5, 0.6) is 0 Å². The average Bonchev–Trinajstić information content (AvgIpc) is 3.27. The summed E-state index contributed by atoms with van der Waals surface area (Å²) in [4.78, 5) is 54.6. The fourth-order valence-electron chi connectivity index (χ4n) is 3.77. The highest BCUT2D eigenvalue weighted by molar-refractivity contribution is 5.99. The number of aromatic nitrogens is 2. The summed E-state index contributed by atoms with van der Waals surface area (Å²) in [6.07, 6.45) is 1.99. The Kier molecular flexibility index (Phi) is 5.22. The van der Waals surface area contributed by atoms with E-state index in [4.69, 9.17) is 0 Å². The number of carbonyl (C=O) groups is 2. The summed E-state index contributed by atoms with van der Waals surface area (Å²) in [5.41, 5.74) is 0.920. The first kappa shape index (κ1) is 19.6. The van der Waals surface area contributed by atoms with E-state index in [1.807, 2.05) is 4.90 Å². The van der Waals surface area contributed by atoms with Crippen molar-refractivity contribution in [2.24, 2.45) is 0 Å². The highest BCUT2D eigenvalue weighted by atomic mass is 16.2. The maximum absolute atomic E-state index is 12.7. The van der Waals surface area contributed by atoms with E-state index in [1.165, 1.54) is 0 Å². The zero-order valence-corrected chi connectivity index (χ0v) is 16.6. The number of carbonyl (C=O) groups excluding carboxylic acids is 2. The van der Waals surface area contributed by atoms with Gasteiger partial charge in [0.05, 0.1) is 10.9 Å². The molecule has 8 heteroatoms. The van der Waals surface area contributed by atoms with Gasteiger partial charge in [-0.1, -0.05) is 18.2 Å². The van der Waals surface area contributed by atoms with Crippen LogP contribution in [-0.2, 0) is 11.3 Å². The molecule has 1 fully saturated rings. The molecule has 30 heavy (non-hydrogen) atoms. The van der Waals surface area contributed by atoms with Gasteiger partial charge in [-0.2, -0.15) is 0 Å². The summed E-state index contributed by atoms with van der Waals surface area (Å²) < 4.78 is 0.867. The van der Waals surface area contributed by atoms with E-state index < -0.39 is 23.7 Å². The lowest BCUT2D eigenvalue weighted by Gasteiger charge is -2.18. The van der Waals surface area contributed by atoms with Crippen molar-refractivity contribution in [2.45, 2.75) is 26.3 Å². The van der Waals surface area contributed by atoms with Crippen LogP contribution in [-0.4, -0.2) is 39.4 Å². The van der Waals surface area contributed by atoms with Gasteiger partial charge in [0.15, 0.2) is 0 Å². The number of nitrogens with one attached hydrogen (secondary N) is 2. The Morgan fingerprint density at radius 2 is 1.77 bits per heavy atom. The van der Waals surface area contributed by atoms with E-state index in [0.29, 0.717) is 27.7 Å². The van der Waals surface area contributed by atoms with Gasteiger partial charge in [-0.3, -0.25) is 19.0 Å². The van der Waals surface area contributed by atoms with Gasteiger partial charge in [0.25, 0.3) is 11.5 Å². The number of H-pyrrole nitrogens is 1. The maximum Gasteiger partial charge on any atom is 0.329 e. The second-order valence-corrected chi connectivity index (χ2v) is 7.39. The predicted octanol–water partition coefficient (Wildman–Crippen LogP) is 1.87. The van der Waals surface area contributed by atoms with E-state index in [0.717, 1.165) is 30.5 Å². The molecular weight excluding hydrogens is 384 g/mol. The van der Waals surface area contributed by atoms with Crippen molar-refractivity contribution in [1.29, 1.82) is 0 Å². The number of aromatic amines is 1. The number of likely N-dealkylation sites (tertiary alicyclic amines) is 1. The quantitative estimate of drug-likeness (QED) is 0.690. The Bertz CT molecular complexity index is 1250. The second kappa shape index (κ2) is 7.98. The highest BCUT2D eigenvalue weighted by Gasteiger charge is 2.22. The lowest BCUT2D eigenvalue weighted by atomic mass is 10.1. The maximum atomic E-state index is 12.7. The van der Waals surface area contributed by atoms with E-state index in [1.54, 1.807) is 49.4 Å². The number of anilines is 1. The number of hydrogen-bond donors (Lipinski definition) is 2. The summed E-state index contributed by atoms with van der Waals surface area (Å²) >= 11 is 0. The number of fused-ring (bicyclic) bond motifs is 1. The summed E-state index contributed by atoms with van der Waals surface area (Å²) in [6, 6.07) is 11.8. The first-order valence-corrected chi connectivity index (χ1v) is 9.86. The SMILES string of the molecule is Cc1c(NC(=O)Cn2c(=O)[nH]c3ccccc3c2=O)cccc1C(=O)N1CCCC1. The molecule has 2 amide bonds. The summed E-state index contributed by atoms with van der Waals surface area (Å²) in [5, 5.41) is 3.06. The molecule has 1 aliphatic rings. The fourth-order valence-corrected chi connectivity index (χ4v) is 3.77. The first-order valence-electron chi connectivity index (χ1n) is 9.86. The van der Waals surface area contributed by atoms with Gasteiger partial charge >= 0.3 is 5.69 Å².